The molecule has 0 aliphatic heterocycles. The van der Waals surface area contributed by atoms with Crippen LogP contribution < -0.4 is 5.32 Å². The van der Waals surface area contributed by atoms with Gasteiger partial charge in [-0.1, -0.05) is 20.8 Å². The van der Waals surface area contributed by atoms with Crippen LogP contribution in [0.5, 0.6) is 0 Å². The first kappa shape index (κ1) is 14.1. The van der Waals surface area contributed by atoms with E-state index in [4.69, 9.17) is 4.98 Å². The van der Waals surface area contributed by atoms with E-state index in [0.29, 0.717) is 6.54 Å². The van der Waals surface area contributed by atoms with Crippen LogP contribution in [0.1, 0.15) is 50.3 Å². The predicted octanol–water partition coefficient (Wildman–Crippen LogP) is 2.42. The summed E-state index contributed by atoms with van der Waals surface area (Å²) < 4.78 is 1.92. The van der Waals surface area contributed by atoms with E-state index in [1.54, 1.807) is 17.7 Å². The zero-order chi connectivity index (χ0) is 14.0. The summed E-state index contributed by atoms with van der Waals surface area (Å²) in [6.07, 6.45) is 1.71. The van der Waals surface area contributed by atoms with Crippen LogP contribution in [-0.4, -0.2) is 19.7 Å². The van der Waals surface area contributed by atoms with Crippen molar-refractivity contribution in [2.45, 2.75) is 45.7 Å². The summed E-state index contributed by atoms with van der Waals surface area (Å²) in [5.41, 5.74) is 1.26. The Morgan fingerprint density at radius 1 is 1.42 bits per heavy atom. The molecule has 0 spiro atoms. The molecule has 5 nitrogen and oxygen atoms in total. The SMILES string of the molecule is C[C@@H](NCc1nncn1C)c1nc(C(C)(C)C)cs1. The van der Waals surface area contributed by atoms with E-state index < -0.39 is 0 Å². The van der Waals surface area contributed by atoms with Gasteiger partial charge >= 0.3 is 0 Å². The number of hydrogen-bond acceptors (Lipinski definition) is 5. The zero-order valence-electron chi connectivity index (χ0n) is 12.1. The molecule has 0 fully saturated rings. The zero-order valence-corrected chi connectivity index (χ0v) is 13.0. The van der Waals surface area contributed by atoms with Crippen LogP contribution >= 0.6 is 11.3 Å². The molecule has 0 saturated heterocycles. The summed E-state index contributed by atoms with van der Waals surface area (Å²) >= 11 is 1.71. The fraction of sp³-hybridized carbons (Fsp3) is 0.615. The van der Waals surface area contributed by atoms with Crippen molar-refractivity contribution in [1.29, 1.82) is 0 Å². The van der Waals surface area contributed by atoms with Gasteiger partial charge in [-0.25, -0.2) is 4.98 Å². The van der Waals surface area contributed by atoms with E-state index in [0.717, 1.165) is 16.5 Å². The molecule has 6 heteroatoms. The van der Waals surface area contributed by atoms with Crippen molar-refractivity contribution in [2.75, 3.05) is 0 Å². The van der Waals surface area contributed by atoms with Gasteiger partial charge < -0.3 is 9.88 Å². The number of thiazole rings is 1. The van der Waals surface area contributed by atoms with Gasteiger partial charge in [0.15, 0.2) is 0 Å². The third kappa shape index (κ3) is 3.39. The maximum atomic E-state index is 4.72. The lowest BCUT2D eigenvalue weighted by Gasteiger charge is -2.15. The van der Waals surface area contributed by atoms with E-state index >= 15 is 0 Å². The van der Waals surface area contributed by atoms with Crippen LogP contribution in [0, 0.1) is 0 Å². The Balaban J connectivity index is 1.98. The molecule has 1 atom stereocenters. The van der Waals surface area contributed by atoms with Crippen molar-refractivity contribution >= 4 is 11.3 Å². The number of rotatable bonds is 4. The van der Waals surface area contributed by atoms with E-state index in [1.807, 2.05) is 11.6 Å². The Bertz CT molecular complexity index is 537. The molecule has 1 N–H and O–H groups in total. The van der Waals surface area contributed by atoms with E-state index in [1.165, 1.54) is 0 Å². The number of nitrogens with one attached hydrogen (secondary N) is 1. The summed E-state index contributed by atoms with van der Waals surface area (Å²) in [7, 11) is 1.95. The molecule has 0 unspecified atom stereocenters. The average Bonchev–Trinajstić information content (AvgIpc) is 2.93. The Morgan fingerprint density at radius 2 is 2.16 bits per heavy atom. The minimum Gasteiger partial charge on any atom is -0.320 e. The fourth-order valence-corrected chi connectivity index (χ4v) is 2.71. The highest BCUT2D eigenvalue weighted by Crippen LogP contribution is 2.26. The molecule has 2 rings (SSSR count). The van der Waals surface area contributed by atoms with Crippen molar-refractivity contribution in [3.63, 3.8) is 0 Å². The van der Waals surface area contributed by atoms with Crippen LogP contribution in [-0.2, 0) is 19.0 Å². The Kier molecular flexibility index (Phi) is 4.01. The molecule has 2 aromatic rings. The highest BCUT2D eigenvalue weighted by Gasteiger charge is 2.19. The van der Waals surface area contributed by atoms with E-state index in [2.05, 4.69) is 48.6 Å². The second-order valence-corrected chi connectivity index (χ2v) is 6.67. The van der Waals surface area contributed by atoms with Crippen molar-refractivity contribution in [3.05, 3.63) is 28.2 Å². The smallest absolute Gasteiger partial charge is 0.146 e. The highest BCUT2D eigenvalue weighted by molar-refractivity contribution is 7.09. The number of aromatic nitrogens is 4. The lowest BCUT2D eigenvalue weighted by Crippen LogP contribution is -2.20. The maximum absolute atomic E-state index is 4.72. The van der Waals surface area contributed by atoms with Gasteiger partial charge in [0.1, 0.15) is 17.2 Å². The van der Waals surface area contributed by atoms with Gasteiger partial charge in [-0.05, 0) is 6.92 Å². The van der Waals surface area contributed by atoms with Gasteiger partial charge in [-0.3, -0.25) is 0 Å². The third-order valence-corrected chi connectivity index (χ3v) is 4.06. The number of aryl methyl sites for hydroxylation is 1. The first-order chi connectivity index (χ1) is 8.88. The standard InChI is InChI=1S/C13H21N5S/c1-9(14-6-11-17-15-8-18(11)5)12-16-10(7-19-12)13(2,3)4/h7-9,14H,6H2,1-5H3/t9-/m1/s1. The number of hydrogen-bond donors (Lipinski definition) is 1. The monoisotopic (exact) mass is 279 g/mol. The molecule has 0 radical (unpaired) electrons. The van der Waals surface area contributed by atoms with Gasteiger partial charge in [0.05, 0.1) is 18.3 Å². The molecule has 0 amide bonds. The largest absolute Gasteiger partial charge is 0.320 e. The average molecular weight is 279 g/mol. The molecule has 0 aliphatic rings. The first-order valence-electron chi connectivity index (χ1n) is 6.40. The molecular formula is C13H21N5S. The van der Waals surface area contributed by atoms with Crippen molar-refractivity contribution in [2.24, 2.45) is 7.05 Å². The van der Waals surface area contributed by atoms with E-state index in [-0.39, 0.29) is 11.5 Å². The molecule has 19 heavy (non-hydrogen) atoms. The fourth-order valence-electron chi connectivity index (χ4n) is 1.63. The molecule has 0 bridgehead atoms. The summed E-state index contributed by atoms with van der Waals surface area (Å²) in [6.45, 7) is 9.38. The van der Waals surface area contributed by atoms with Gasteiger partial charge in [-0.2, -0.15) is 0 Å². The second-order valence-electron chi connectivity index (χ2n) is 5.78. The number of nitrogens with zero attached hydrogens (tertiary/aromatic N) is 4. The molecule has 0 aromatic carbocycles. The molecular weight excluding hydrogens is 258 g/mol. The highest BCUT2D eigenvalue weighted by atomic mass is 32.1. The second kappa shape index (κ2) is 5.38. The molecule has 104 valence electrons. The van der Waals surface area contributed by atoms with Crippen LogP contribution in [0.4, 0.5) is 0 Å². The van der Waals surface area contributed by atoms with Crippen molar-refractivity contribution < 1.29 is 0 Å². The van der Waals surface area contributed by atoms with Crippen LogP contribution in [0.15, 0.2) is 11.7 Å². The summed E-state index contributed by atoms with van der Waals surface area (Å²) in [4.78, 5) is 4.72. The van der Waals surface area contributed by atoms with Crippen molar-refractivity contribution in [3.8, 4) is 0 Å². The third-order valence-electron chi connectivity index (χ3n) is 3.03. The minimum atomic E-state index is 0.109. The van der Waals surface area contributed by atoms with E-state index in [9.17, 15) is 0 Å². The Labute approximate surface area is 118 Å². The predicted molar refractivity (Wildman–Crippen MR) is 77.1 cm³/mol. The van der Waals surface area contributed by atoms with Gasteiger partial charge in [-0.15, -0.1) is 21.5 Å². The molecule has 2 aromatic heterocycles. The van der Waals surface area contributed by atoms with Crippen LogP contribution in [0.3, 0.4) is 0 Å². The summed E-state index contributed by atoms with van der Waals surface area (Å²) in [5, 5.41) is 14.6. The molecule has 2 heterocycles. The lowest BCUT2D eigenvalue weighted by molar-refractivity contribution is 0.533. The Hall–Kier alpha value is -1.27. The van der Waals surface area contributed by atoms with Crippen molar-refractivity contribution in [1.82, 2.24) is 25.1 Å². The first-order valence-corrected chi connectivity index (χ1v) is 7.28. The topological polar surface area (TPSA) is 55.6 Å². The van der Waals surface area contributed by atoms with Gasteiger partial charge in [0.25, 0.3) is 0 Å². The van der Waals surface area contributed by atoms with Crippen LogP contribution in [0.25, 0.3) is 0 Å². The lowest BCUT2D eigenvalue weighted by atomic mass is 9.93. The maximum Gasteiger partial charge on any atom is 0.146 e. The van der Waals surface area contributed by atoms with Gasteiger partial charge in [0.2, 0.25) is 0 Å². The minimum absolute atomic E-state index is 0.109. The summed E-state index contributed by atoms with van der Waals surface area (Å²) in [5.74, 6) is 0.930. The van der Waals surface area contributed by atoms with Crippen LogP contribution in [0.2, 0.25) is 0 Å². The summed E-state index contributed by atoms with van der Waals surface area (Å²) in [6, 6.07) is 0.220. The normalized spacial score (nSPS) is 13.7. The van der Waals surface area contributed by atoms with Gasteiger partial charge in [0, 0.05) is 17.8 Å². The quantitative estimate of drug-likeness (QED) is 0.934. The Morgan fingerprint density at radius 3 is 2.68 bits per heavy atom. The molecule has 0 saturated carbocycles. The molecule has 0 aliphatic carbocycles.